The molecule has 0 saturated carbocycles. The quantitative estimate of drug-likeness (QED) is 0.616. The Morgan fingerprint density at radius 1 is 0.750 bits per heavy atom. The Bertz CT molecular complexity index is 788. The normalized spacial score (nSPS) is 10.2. The lowest BCUT2D eigenvalue weighted by atomic mass is 10.2. The molecule has 0 aliphatic rings. The van der Waals surface area contributed by atoms with Gasteiger partial charge in [0.15, 0.2) is 6.29 Å². The molecule has 4 nitrogen and oxygen atoms in total. The molecule has 0 fully saturated rings. The molecular formula is C20H17NO3. The molecule has 0 aliphatic heterocycles. The van der Waals surface area contributed by atoms with Gasteiger partial charge in [0.2, 0.25) is 11.8 Å². The Hall–Kier alpha value is -3.14. The molecule has 0 amide bonds. The van der Waals surface area contributed by atoms with E-state index in [1.807, 2.05) is 60.7 Å². The van der Waals surface area contributed by atoms with Crippen LogP contribution in [0.5, 0.6) is 11.8 Å². The van der Waals surface area contributed by atoms with Crippen molar-refractivity contribution in [2.24, 2.45) is 0 Å². The van der Waals surface area contributed by atoms with Crippen molar-refractivity contribution >= 4 is 6.29 Å². The number of rotatable bonds is 7. The van der Waals surface area contributed by atoms with Gasteiger partial charge in [-0.3, -0.25) is 4.79 Å². The van der Waals surface area contributed by atoms with Crippen molar-refractivity contribution in [1.29, 1.82) is 0 Å². The second-order valence-electron chi connectivity index (χ2n) is 5.21. The zero-order chi connectivity index (χ0) is 16.6. The van der Waals surface area contributed by atoms with Crippen molar-refractivity contribution in [3.8, 4) is 11.8 Å². The predicted octanol–water partition coefficient (Wildman–Crippen LogP) is 4.05. The van der Waals surface area contributed by atoms with Crippen molar-refractivity contribution in [2.75, 3.05) is 0 Å². The van der Waals surface area contributed by atoms with E-state index >= 15 is 0 Å². The fraction of sp³-hybridized carbons (Fsp3) is 0.100. The van der Waals surface area contributed by atoms with Gasteiger partial charge in [-0.05, 0) is 17.2 Å². The summed E-state index contributed by atoms with van der Waals surface area (Å²) in [6.45, 7) is 0.753. The Morgan fingerprint density at radius 3 is 1.92 bits per heavy atom. The largest absolute Gasteiger partial charge is 0.473 e. The van der Waals surface area contributed by atoms with E-state index in [-0.39, 0.29) is 5.88 Å². The Labute approximate surface area is 140 Å². The summed E-state index contributed by atoms with van der Waals surface area (Å²) in [5, 5.41) is 0. The molecule has 0 aliphatic carbocycles. The molecular weight excluding hydrogens is 302 g/mol. The lowest BCUT2D eigenvalue weighted by molar-refractivity contribution is 0.111. The van der Waals surface area contributed by atoms with Gasteiger partial charge in [-0.1, -0.05) is 60.7 Å². The van der Waals surface area contributed by atoms with Crippen LogP contribution < -0.4 is 9.47 Å². The average molecular weight is 319 g/mol. The Balaban J connectivity index is 1.69. The van der Waals surface area contributed by atoms with E-state index in [0.717, 1.165) is 17.4 Å². The third kappa shape index (κ3) is 4.20. The number of aldehydes is 1. The summed E-state index contributed by atoms with van der Waals surface area (Å²) in [6.07, 6.45) is 0.730. The molecule has 1 aromatic heterocycles. The van der Waals surface area contributed by atoms with Gasteiger partial charge >= 0.3 is 0 Å². The standard InChI is InChI=1S/C20H17NO3/c22-13-18-11-12-19(23-14-16-7-3-1-4-8-16)21-20(18)24-15-17-9-5-2-6-10-17/h1-13H,14-15H2. The lowest BCUT2D eigenvalue weighted by Crippen LogP contribution is -2.03. The number of carbonyl (C=O) groups is 1. The predicted molar refractivity (Wildman–Crippen MR) is 91.2 cm³/mol. The van der Waals surface area contributed by atoms with Gasteiger partial charge in [-0.2, -0.15) is 4.98 Å². The summed E-state index contributed by atoms with van der Waals surface area (Å²) in [5.41, 5.74) is 2.45. The van der Waals surface area contributed by atoms with Crippen molar-refractivity contribution in [3.05, 3.63) is 89.5 Å². The first-order valence-corrected chi connectivity index (χ1v) is 7.65. The van der Waals surface area contributed by atoms with Crippen LogP contribution >= 0.6 is 0 Å². The second kappa shape index (κ2) is 7.92. The van der Waals surface area contributed by atoms with Crippen LogP contribution in [-0.2, 0) is 13.2 Å². The highest BCUT2D eigenvalue weighted by Gasteiger charge is 2.08. The molecule has 24 heavy (non-hydrogen) atoms. The lowest BCUT2D eigenvalue weighted by Gasteiger charge is -2.10. The summed E-state index contributed by atoms with van der Waals surface area (Å²) in [5.74, 6) is 0.701. The van der Waals surface area contributed by atoms with Gasteiger partial charge < -0.3 is 9.47 Å². The van der Waals surface area contributed by atoms with Gasteiger partial charge in [-0.25, -0.2) is 0 Å². The van der Waals surface area contributed by atoms with Crippen LogP contribution in [0.4, 0.5) is 0 Å². The number of carbonyl (C=O) groups excluding carboxylic acids is 1. The van der Waals surface area contributed by atoms with E-state index < -0.39 is 0 Å². The maximum Gasteiger partial charge on any atom is 0.227 e. The van der Waals surface area contributed by atoms with Crippen molar-refractivity contribution in [3.63, 3.8) is 0 Å². The van der Waals surface area contributed by atoms with Crippen LogP contribution in [0.2, 0.25) is 0 Å². The van der Waals surface area contributed by atoms with Gasteiger partial charge in [-0.15, -0.1) is 0 Å². The number of hydrogen-bond acceptors (Lipinski definition) is 4. The molecule has 0 unspecified atom stereocenters. The molecule has 0 radical (unpaired) electrons. The van der Waals surface area contributed by atoms with E-state index in [0.29, 0.717) is 24.7 Å². The van der Waals surface area contributed by atoms with Crippen LogP contribution in [-0.4, -0.2) is 11.3 Å². The topological polar surface area (TPSA) is 48.4 Å². The van der Waals surface area contributed by atoms with Crippen LogP contribution in [0.3, 0.4) is 0 Å². The molecule has 0 bridgehead atoms. The summed E-state index contributed by atoms with van der Waals surface area (Å²) >= 11 is 0. The number of nitrogens with zero attached hydrogens (tertiary/aromatic N) is 1. The summed E-state index contributed by atoms with van der Waals surface area (Å²) in [4.78, 5) is 15.5. The van der Waals surface area contributed by atoms with Gasteiger partial charge in [0.05, 0.1) is 5.56 Å². The van der Waals surface area contributed by atoms with Crippen LogP contribution in [0, 0.1) is 0 Å². The first-order valence-electron chi connectivity index (χ1n) is 7.65. The first kappa shape index (κ1) is 15.7. The average Bonchev–Trinajstić information content (AvgIpc) is 2.66. The fourth-order valence-electron chi connectivity index (χ4n) is 2.18. The van der Waals surface area contributed by atoms with Crippen LogP contribution in [0.1, 0.15) is 21.5 Å². The first-order chi connectivity index (χ1) is 11.8. The highest BCUT2D eigenvalue weighted by molar-refractivity contribution is 5.78. The highest BCUT2D eigenvalue weighted by atomic mass is 16.5. The van der Waals surface area contributed by atoms with Crippen molar-refractivity contribution in [2.45, 2.75) is 13.2 Å². The monoisotopic (exact) mass is 319 g/mol. The zero-order valence-electron chi connectivity index (χ0n) is 13.1. The molecule has 0 spiro atoms. The minimum absolute atomic E-state index is 0.277. The summed E-state index contributed by atoms with van der Waals surface area (Å²) < 4.78 is 11.4. The van der Waals surface area contributed by atoms with Crippen LogP contribution in [0.15, 0.2) is 72.8 Å². The zero-order valence-corrected chi connectivity index (χ0v) is 13.1. The molecule has 3 rings (SSSR count). The maximum absolute atomic E-state index is 11.2. The third-order valence-electron chi connectivity index (χ3n) is 3.44. The van der Waals surface area contributed by atoms with Gasteiger partial charge in [0, 0.05) is 6.07 Å². The number of hydrogen-bond donors (Lipinski definition) is 0. The smallest absolute Gasteiger partial charge is 0.227 e. The van der Waals surface area contributed by atoms with E-state index in [1.54, 1.807) is 12.1 Å². The molecule has 4 heteroatoms. The Morgan fingerprint density at radius 2 is 1.33 bits per heavy atom. The molecule has 3 aromatic rings. The second-order valence-corrected chi connectivity index (χ2v) is 5.21. The SMILES string of the molecule is O=Cc1ccc(OCc2ccccc2)nc1OCc1ccccc1. The van der Waals surface area contributed by atoms with Gasteiger partial charge in [0.25, 0.3) is 0 Å². The molecule has 1 heterocycles. The number of pyridine rings is 1. The molecule has 0 atom stereocenters. The van der Waals surface area contributed by atoms with Gasteiger partial charge in [0.1, 0.15) is 13.2 Å². The van der Waals surface area contributed by atoms with Crippen LogP contribution in [0.25, 0.3) is 0 Å². The number of ether oxygens (including phenoxy) is 2. The fourth-order valence-corrected chi connectivity index (χ4v) is 2.18. The maximum atomic E-state index is 11.2. The molecule has 120 valence electrons. The minimum Gasteiger partial charge on any atom is -0.473 e. The number of aromatic nitrogens is 1. The van der Waals surface area contributed by atoms with Crippen molar-refractivity contribution < 1.29 is 14.3 Å². The van der Waals surface area contributed by atoms with E-state index in [9.17, 15) is 4.79 Å². The molecule has 0 N–H and O–H groups in total. The third-order valence-corrected chi connectivity index (χ3v) is 3.44. The van der Waals surface area contributed by atoms with E-state index in [1.165, 1.54) is 0 Å². The van der Waals surface area contributed by atoms with E-state index in [2.05, 4.69) is 4.98 Å². The highest BCUT2D eigenvalue weighted by Crippen LogP contribution is 2.20. The molecule has 2 aromatic carbocycles. The van der Waals surface area contributed by atoms with E-state index in [4.69, 9.17) is 9.47 Å². The number of benzene rings is 2. The Kier molecular flexibility index (Phi) is 5.20. The minimum atomic E-state index is 0.277. The summed E-state index contributed by atoms with van der Waals surface area (Å²) in [7, 11) is 0. The summed E-state index contributed by atoms with van der Waals surface area (Å²) in [6, 6.07) is 22.9. The molecule has 0 saturated heterocycles. The van der Waals surface area contributed by atoms with Crippen molar-refractivity contribution in [1.82, 2.24) is 4.98 Å².